The molecule has 0 spiro atoms. The van der Waals surface area contributed by atoms with Crippen molar-refractivity contribution in [3.05, 3.63) is 36.0 Å². The van der Waals surface area contributed by atoms with Crippen molar-refractivity contribution in [2.24, 2.45) is 0 Å². The van der Waals surface area contributed by atoms with Crippen molar-refractivity contribution in [3.8, 4) is 6.07 Å². The maximum atomic E-state index is 8.79. The number of nitriles is 1. The molecule has 0 radical (unpaired) electrons. The Morgan fingerprint density at radius 2 is 2.06 bits per heavy atom. The van der Waals surface area contributed by atoms with Gasteiger partial charge in [0, 0.05) is 29.2 Å². The zero-order chi connectivity index (χ0) is 13.2. The van der Waals surface area contributed by atoms with E-state index in [-0.39, 0.29) is 5.54 Å². The molecule has 18 heavy (non-hydrogen) atoms. The van der Waals surface area contributed by atoms with Crippen LogP contribution < -0.4 is 5.32 Å². The van der Waals surface area contributed by atoms with Crippen LogP contribution in [0.15, 0.2) is 30.5 Å². The molecule has 0 saturated carbocycles. The van der Waals surface area contributed by atoms with Crippen LogP contribution in [-0.2, 0) is 13.1 Å². The normalized spacial score (nSPS) is 11.7. The van der Waals surface area contributed by atoms with Gasteiger partial charge in [-0.15, -0.1) is 0 Å². The Hall–Kier alpha value is -1.79. The molecule has 0 atom stereocenters. The van der Waals surface area contributed by atoms with Gasteiger partial charge in [0.25, 0.3) is 0 Å². The molecule has 0 saturated heterocycles. The Bertz CT molecular complexity index is 582. The summed E-state index contributed by atoms with van der Waals surface area (Å²) < 4.78 is 1.98. The first-order valence-electron chi connectivity index (χ1n) is 6.20. The van der Waals surface area contributed by atoms with Gasteiger partial charge in [-0.1, -0.05) is 12.1 Å². The third kappa shape index (κ3) is 2.72. The Morgan fingerprint density at radius 3 is 2.72 bits per heavy atom. The molecule has 2 aromatic rings. The van der Waals surface area contributed by atoms with E-state index < -0.39 is 0 Å². The summed E-state index contributed by atoms with van der Waals surface area (Å²) in [6, 6.07) is 10.5. The van der Waals surface area contributed by atoms with E-state index >= 15 is 0 Å². The van der Waals surface area contributed by atoms with Crippen LogP contribution in [0, 0.1) is 11.3 Å². The predicted octanol–water partition coefficient (Wildman–Crippen LogP) is 3.05. The highest BCUT2D eigenvalue weighted by atomic mass is 15.0. The zero-order valence-electron chi connectivity index (χ0n) is 11.2. The number of rotatable bonds is 3. The number of hydrogen-bond donors (Lipinski definition) is 1. The smallest absolute Gasteiger partial charge is 0.110 e. The SMILES string of the molecule is CC(C)(C)NCc1cccc2c1ccn2CC#N. The van der Waals surface area contributed by atoms with Gasteiger partial charge in [0.05, 0.1) is 6.07 Å². The predicted molar refractivity (Wildman–Crippen MR) is 74.1 cm³/mol. The van der Waals surface area contributed by atoms with E-state index in [9.17, 15) is 0 Å². The molecule has 1 heterocycles. The summed E-state index contributed by atoms with van der Waals surface area (Å²) in [4.78, 5) is 0. The van der Waals surface area contributed by atoms with E-state index in [1.54, 1.807) is 0 Å². The maximum absolute atomic E-state index is 8.79. The molecule has 1 aromatic carbocycles. The number of benzene rings is 1. The highest BCUT2D eigenvalue weighted by Gasteiger charge is 2.10. The molecule has 94 valence electrons. The van der Waals surface area contributed by atoms with Gasteiger partial charge in [-0.25, -0.2) is 0 Å². The van der Waals surface area contributed by atoms with Crippen molar-refractivity contribution in [2.75, 3.05) is 0 Å². The van der Waals surface area contributed by atoms with Crippen molar-refractivity contribution >= 4 is 10.9 Å². The quantitative estimate of drug-likeness (QED) is 0.897. The zero-order valence-corrected chi connectivity index (χ0v) is 11.2. The molecule has 2 rings (SSSR count). The second kappa shape index (κ2) is 4.83. The fraction of sp³-hybridized carbons (Fsp3) is 0.400. The van der Waals surface area contributed by atoms with Gasteiger partial charge in [-0.05, 0) is 38.5 Å². The number of nitrogens with zero attached hydrogens (tertiary/aromatic N) is 2. The van der Waals surface area contributed by atoms with E-state index in [1.807, 2.05) is 10.8 Å². The molecule has 3 heteroatoms. The van der Waals surface area contributed by atoms with Crippen molar-refractivity contribution in [1.29, 1.82) is 5.26 Å². The summed E-state index contributed by atoms with van der Waals surface area (Å²) in [5.74, 6) is 0. The Labute approximate surface area is 108 Å². The summed E-state index contributed by atoms with van der Waals surface area (Å²) in [6.07, 6.45) is 1.98. The van der Waals surface area contributed by atoms with Crippen LogP contribution in [0.2, 0.25) is 0 Å². The second-order valence-electron chi connectivity index (χ2n) is 5.56. The minimum Gasteiger partial charge on any atom is -0.334 e. The lowest BCUT2D eigenvalue weighted by Gasteiger charge is -2.20. The number of fused-ring (bicyclic) bond motifs is 1. The molecular weight excluding hydrogens is 222 g/mol. The summed E-state index contributed by atoms with van der Waals surface area (Å²) in [5.41, 5.74) is 2.51. The topological polar surface area (TPSA) is 40.8 Å². The van der Waals surface area contributed by atoms with Crippen molar-refractivity contribution < 1.29 is 0 Å². The van der Waals surface area contributed by atoms with Gasteiger partial charge in [0.1, 0.15) is 6.54 Å². The lowest BCUT2D eigenvalue weighted by atomic mass is 10.1. The standard InChI is InChI=1S/C15H19N3/c1-15(2,3)17-11-12-5-4-6-14-13(12)7-9-18(14)10-8-16/h4-7,9,17H,10-11H2,1-3H3. The lowest BCUT2D eigenvalue weighted by molar-refractivity contribution is 0.425. The Morgan fingerprint density at radius 1 is 1.28 bits per heavy atom. The molecular formula is C15H19N3. The molecule has 0 unspecified atom stereocenters. The van der Waals surface area contributed by atoms with Crippen LogP contribution in [0.25, 0.3) is 10.9 Å². The molecule has 0 bridgehead atoms. The lowest BCUT2D eigenvalue weighted by Crippen LogP contribution is -2.35. The van der Waals surface area contributed by atoms with Gasteiger partial charge < -0.3 is 9.88 Å². The van der Waals surface area contributed by atoms with Gasteiger partial charge in [0.15, 0.2) is 0 Å². The largest absolute Gasteiger partial charge is 0.334 e. The van der Waals surface area contributed by atoms with Crippen LogP contribution in [0.3, 0.4) is 0 Å². The van der Waals surface area contributed by atoms with E-state index in [4.69, 9.17) is 5.26 Å². The van der Waals surface area contributed by atoms with Gasteiger partial charge in [-0.3, -0.25) is 0 Å². The van der Waals surface area contributed by atoms with E-state index in [2.05, 4.69) is 56.4 Å². The third-order valence-electron chi connectivity index (χ3n) is 2.95. The van der Waals surface area contributed by atoms with Crippen molar-refractivity contribution in [1.82, 2.24) is 9.88 Å². The minimum atomic E-state index is 0.109. The first-order valence-corrected chi connectivity index (χ1v) is 6.20. The van der Waals surface area contributed by atoms with Gasteiger partial charge >= 0.3 is 0 Å². The Kier molecular flexibility index (Phi) is 3.40. The van der Waals surface area contributed by atoms with Crippen molar-refractivity contribution in [2.45, 2.75) is 39.4 Å². The average molecular weight is 241 g/mol. The number of aromatic nitrogens is 1. The molecule has 1 aromatic heterocycles. The minimum absolute atomic E-state index is 0.109. The van der Waals surface area contributed by atoms with Crippen molar-refractivity contribution in [3.63, 3.8) is 0 Å². The molecule has 0 amide bonds. The van der Waals surface area contributed by atoms with Crippen LogP contribution in [-0.4, -0.2) is 10.1 Å². The molecule has 0 aliphatic rings. The van der Waals surface area contributed by atoms with Crippen LogP contribution in [0.4, 0.5) is 0 Å². The summed E-state index contributed by atoms with van der Waals surface area (Å²) >= 11 is 0. The van der Waals surface area contributed by atoms with Gasteiger partial charge in [0.2, 0.25) is 0 Å². The molecule has 1 N–H and O–H groups in total. The maximum Gasteiger partial charge on any atom is 0.110 e. The number of nitrogens with one attached hydrogen (secondary N) is 1. The number of hydrogen-bond acceptors (Lipinski definition) is 2. The fourth-order valence-electron chi connectivity index (χ4n) is 2.02. The average Bonchev–Trinajstić information content (AvgIpc) is 2.70. The summed E-state index contributed by atoms with van der Waals surface area (Å²) in [7, 11) is 0. The molecule has 0 aliphatic carbocycles. The van der Waals surface area contributed by atoms with E-state index in [0.29, 0.717) is 6.54 Å². The monoisotopic (exact) mass is 241 g/mol. The first-order chi connectivity index (χ1) is 8.51. The summed E-state index contributed by atoms with van der Waals surface area (Å²) in [5, 5.41) is 13.5. The molecule has 0 aliphatic heterocycles. The highest BCUT2D eigenvalue weighted by Crippen LogP contribution is 2.20. The Balaban J connectivity index is 2.32. The van der Waals surface area contributed by atoms with E-state index in [0.717, 1.165) is 12.1 Å². The van der Waals surface area contributed by atoms with Gasteiger partial charge in [-0.2, -0.15) is 5.26 Å². The highest BCUT2D eigenvalue weighted by molar-refractivity contribution is 5.83. The fourth-order valence-corrected chi connectivity index (χ4v) is 2.02. The second-order valence-corrected chi connectivity index (χ2v) is 5.56. The third-order valence-corrected chi connectivity index (χ3v) is 2.95. The van der Waals surface area contributed by atoms with E-state index in [1.165, 1.54) is 10.9 Å². The van der Waals surface area contributed by atoms with Crippen LogP contribution in [0.1, 0.15) is 26.3 Å². The molecule has 0 fully saturated rings. The summed E-state index contributed by atoms with van der Waals surface area (Å²) in [6.45, 7) is 7.73. The molecule has 3 nitrogen and oxygen atoms in total. The van der Waals surface area contributed by atoms with Crippen LogP contribution in [0.5, 0.6) is 0 Å². The van der Waals surface area contributed by atoms with Crippen LogP contribution >= 0.6 is 0 Å². The first kappa shape index (κ1) is 12.7.